The summed E-state index contributed by atoms with van der Waals surface area (Å²) in [5.41, 5.74) is 2.00. The fourth-order valence-corrected chi connectivity index (χ4v) is 3.09. The van der Waals surface area contributed by atoms with Crippen molar-refractivity contribution in [2.24, 2.45) is 0 Å². The van der Waals surface area contributed by atoms with Crippen LogP contribution in [0.5, 0.6) is 5.75 Å². The highest BCUT2D eigenvalue weighted by Crippen LogP contribution is 2.18. The lowest BCUT2D eigenvalue weighted by atomic mass is 10.1. The van der Waals surface area contributed by atoms with E-state index in [1.165, 1.54) is 0 Å². The van der Waals surface area contributed by atoms with E-state index in [2.05, 4.69) is 24.5 Å². The normalized spacial score (nSPS) is 10.4. The number of nitrogens with one attached hydrogen (secondary N) is 2. The molecule has 2 amide bonds. The van der Waals surface area contributed by atoms with Crippen molar-refractivity contribution in [2.75, 3.05) is 50.6 Å². The van der Waals surface area contributed by atoms with E-state index in [-0.39, 0.29) is 18.4 Å². The first-order chi connectivity index (χ1) is 15.1. The summed E-state index contributed by atoms with van der Waals surface area (Å²) in [6.45, 7) is 6.62. The number of carbonyl (C=O) groups is 2. The number of hydrogen-bond donors (Lipinski definition) is 2. The highest BCUT2D eigenvalue weighted by Gasteiger charge is 2.14. The van der Waals surface area contributed by atoms with Gasteiger partial charge in [-0.3, -0.25) is 9.59 Å². The van der Waals surface area contributed by atoms with Gasteiger partial charge >= 0.3 is 0 Å². The standard InChI is InChI=1S/C24H33N3O4/c1-4-12-27(13-5-2)24(29)19-8-6-9-20(16-19)25-18-23(28)26-21-10-7-11-22(17-21)31-15-14-30-3/h6-11,16-17,25H,4-5,12-15,18H2,1-3H3,(H,26,28). The zero-order chi connectivity index (χ0) is 22.5. The van der Waals surface area contributed by atoms with Gasteiger partial charge in [0, 0.05) is 43.2 Å². The monoisotopic (exact) mass is 427 g/mol. The van der Waals surface area contributed by atoms with Gasteiger partial charge in [0.05, 0.1) is 13.2 Å². The summed E-state index contributed by atoms with van der Waals surface area (Å²) < 4.78 is 10.5. The molecular formula is C24H33N3O4. The van der Waals surface area contributed by atoms with Crippen LogP contribution < -0.4 is 15.4 Å². The Kier molecular flexibility index (Phi) is 10.4. The van der Waals surface area contributed by atoms with Gasteiger partial charge in [-0.25, -0.2) is 0 Å². The number of amides is 2. The van der Waals surface area contributed by atoms with Crippen molar-refractivity contribution in [3.05, 3.63) is 54.1 Å². The van der Waals surface area contributed by atoms with Crippen LogP contribution in [0.4, 0.5) is 11.4 Å². The van der Waals surface area contributed by atoms with Gasteiger partial charge in [0.25, 0.3) is 5.91 Å². The number of anilines is 2. The summed E-state index contributed by atoms with van der Waals surface area (Å²) >= 11 is 0. The van der Waals surface area contributed by atoms with Gasteiger partial charge in [-0.15, -0.1) is 0 Å². The number of carbonyl (C=O) groups excluding carboxylic acids is 2. The van der Waals surface area contributed by atoms with Crippen molar-refractivity contribution >= 4 is 23.2 Å². The quantitative estimate of drug-likeness (QED) is 0.472. The summed E-state index contributed by atoms with van der Waals surface area (Å²) in [6.07, 6.45) is 1.84. The maximum absolute atomic E-state index is 12.8. The van der Waals surface area contributed by atoms with Crippen LogP contribution in [0.15, 0.2) is 48.5 Å². The van der Waals surface area contributed by atoms with E-state index in [0.717, 1.165) is 31.6 Å². The number of ether oxygens (including phenoxy) is 2. The Morgan fingerprint density at radius 1 is 0.935 bits per heavy atom. The molecule has 0 aliphatic rings. The molecule has 0 unspecified atom stereocenters. The van der Waals surface area contributed by atoms with E-state index in [9.17, 15) is 9.59 Å². The smallest absolute Gasteiger partial charge is 0.253 e. The van der Waals surface area contributed by atoms with Gasteiger partial charge in [0.1, 0.15) is 12.4 Å². The van der Waals surface area contributed by atoms with Crippen LogP contribution in [0.1, 0.15) is 37.0 Å². The van der Waals surface area contributed by atoms with Gasteiger partial charge in [-0.2, -0.15) is 0 Å². The van der Waals surface area contributed by atoms with Gasteiger partial charge in [0.15, 0.2) is 0 Å². The maximum Gasteiger partial charge on any atom is 0.253 e. The van der Waals surface area contributed by atoms with Crippen LogP contribution in [0.2, 0.25) is 0 Å². The molecule has 31 heavy (non-hydrogen) atoms. The molecule has 2 rings (SSSR count). The number of methoxy groups -OCH3 is 1. The molecule has 0 aliphatic heterocycles. The topological polar surface area (TPSA) is 79.9 Å². The molecule has 0 aromatic heterocycles. The first-order valence-corrected chi connectivity index (χ1v) is 10.7. The van der Waals surface area contributed by atoms with Crippen LogP contribution in [-0.2, 0) is 9.53 Å². The van der Waals surface area contributed by atoms with E-state index in [4.69, 9.17) is 9.47 Å². The minimum Gasteiger partial charge on any atom is -0.491 e. The lowest BCUT2D eigenvalue weighted by molar-refractivity contribution is -0.114. The molecule has 2 aromatic carbocycles. The average molecular weight is 428 g/mol. The third-order valence-corrected chi connectivity index (χ3v) is 4.51. The fourth-order valence-electron chi connectivity index (χ4n) is 3.09. The van der Waals surface area contributed by atoms with Crippen molar-refractivity contribution in [1.29, 1.82) is 0 Å². The number of hydrogen-bond acceptors (Lipinski definition) is 5. The highest BCUT2D eigenvalue weighted by molar-refractivity contribution is 5.96. The van der Waals surface area contributed by atoms with Crippen molar-refractivity contribution in [1.82, 2.24) is 4.90 Å². The maximum atomic E-state index is 12.8. The Morgan fingerprint density at radius 3 is 2.35 bits per heavy atom. The Hall–Kier alpha value is -3.06. The van der Waals surface area contributed by atoms with E-state index in [1.54, 1.807) is 31.4 Å². The Balaban J connectivity index is 1.91. The summed E-state index contributed by atoms with van der Waals surface area (Å²) in [4.78, 5) is 27.0. The van der Waals surface area contributed by atoms with Crippen LogP contribution in [0.3, 0.4) is 0 Å². The van der Waals surface area contributed by atoms with Crippen molar-refractivity contribution in [3.63, 3.8) is 0 Å². The second kappa shape index (κ2) is 13.3. The van der Waals surface area contributed by atoms with Crippen molar-refractivity contribution in [2.45, 2.75) is 26.7 Å². The minimum atomic E-state index is -0.190. The molecule has 0 aliphatic carbocycles. The molecular weight excluding hydrogens is 394 g/mol. The third-order valence-electron chi connectivity index (χ3n) is 4.51. The lowest BCUT2D eigenvalue weighted by Crippen LogP contribution is -2.32. The lowest BCUT2D eigenvalue weighted by Gasteiger charge is -2.21. The summed E-state index contributed by atoms with van der Waals surface area (Å²) in [5.74, 6) is 0.490. The fraction of sp³-hybridized carbons (Fsp3) is 0.417. The molecule has 0 spiro atoms. The van der Waals surface area contributed by atoms with Gasteiger partial charge in [-0.05, 0) is 43.2 Å². The van der Waals surface area contributed by atoms with Crippen LogP contribution in [0, 0.1) is 0 Å². The van der Waals surface area contributed by atoms with Crippen LogP contribution in [0.25, 0.3) is 0 Å². The number of benzene rings is 2. The van der Waals surface area contributed by atoms with Crippen LogP contribution >= 0.6 is 0 Å². The van der Waals surface area contributed by atoms with E-state index in [0.29, 0.717) is 30.2 Å². The molecule has 0 atom stereocenters. The average Bonchev–Trinajstić information content (AvgIpc) is 2.78. The van der Waals surface area contributed by atoms with Crippen molar-refractivity contribution < 1.29 is 19.1 Å². The number of rotatable bonds is 13. The van der Waals surface area contributed by atoms with E-state index >= 15 is 0 Å². The summed E-state index contributed by atoms with van der Waals surface area (Å²) in [5, 5.41) is 5.93. The predicted molar refractivity (Wildman–Crippen MR) is 124 cm³/mol. The SMILES string of the molecule is CCCN(CCC)C(=O)c1cccc(NCC(=O)Nc2cccc(OCCOC)c2)c1. The van der Waals surface area contributed by atoms with Gasteiger partial charge < -0.3 is 25.0 Å². The second-order valence-electron chi connectivity index (χ2n) is 7.14. The molecule has 0 bridgehead atoms. The molecule has 168 valence electrons. The molecule has 2 aromatic rings. The zero-order valence-corrected chi connectivity index (χ0v) is 18.6. The Morgan fingerprint density at radius 2 is 1.65 bits per heavy atom. The van der Waals surface area contributed by atoms with Gasteiger partial charge in [-0.1, -0.05) is 26.0 Å². The molecule has 0 saturated carbocycles. The predicted octanol–water partition coefficient (Wildman–Crippen LogP) is 4.02. The van der Waals surface area contributed by atoms with Gasteiger partial charge in [0.2, 0.25) is 5.91 Å². The second-order valence-corrected chi connectivity index (χ2v) is 7.14. The molecule has 0 saturated heterocycles. The zero-order valence-electron chi connectivity index (χ0n) is 18.6. The largest absolute Gasteiger partial charge is 0.491 e. The Labute approximate surface area is 184 Å². The number of nitrogens with zero attached hydrogens (tertiary/aromatic N) is 1. The molecule has 7 nitrogen and oxygen atoms in total. The molecule has 0 heterocycles. The van der Waals surface area contributed by atoms with Crippen LogP contribution in [-0.4, -0.2) is 56.7 Å². The highest BCUT2D eigenvalue weighted by atomic mass is 16.5. The van der Waals surface area contributed by atoms with E-state index in [1.807, 2.05) is 29.2 Å². The summed E-state index contributed by atoms with van der Waals surface area (Å²) in [6, 6.07) is 14.5. The molecule has 7 heteroatoms. The Bertz CT molecular complexity index is 835. The first-order valence-electron chi connectivity index (χ1n) is 10.7. The van der Waals surface area contributed by atoms with E-state index < -0.39 is 0 Å². The third kappa shape index (κ3) is 8.30. The molecule has 0 fully saturated rings. The minimum absolute atomic E-state index is 0.0158. The first kappa shape index (κ1) is 24.2. The summed E-state index contributed by atoms with van der Waals surface area (Å²) in [7, 11) is 1.62. The van der Waals surface area contributed by atoms with Crippen molar-refractivity contribution in [3.8, 4) is 5.75 Å². The molecule has 0 radical (unpaired) electrons. The molecule has 2 N–H and O–H groups in total.